The Labute approximate surface area is 162 Å². The van der Waals surface area contributed by atoms with Gasteiger partial charge in [0.2, 0.25) is 15.9 Å². The highest BCUT2D eigenvalue weighted by molar-refractivity contribution is 7.92. The van der Waals surface area contributed by atoms with Crippen LogP contribution in [0.2, 0.25) is 0 Å². The molecule has 0 fully saturated rings. The lowest BCUT2D eigenvalue weighted by Gasteiger charge is -2.29. The molecule has 2 rings (SSSR count). The van der Waals surface area contributed by atoms with E-state index in [9.17, 15) is 26.4 Å². The maximum Gasteiger partial charge on any atom is 0.416 e. The van der Waals surface area contributed by atoms with Crippen molar-refractivity contribution in [2.24, 2.45) is 0 Å². The smallest absolute Gasteiger partial charge is 0.324 e. The van der Waals surface area contributed by atoms with Crippen LogP contribution in [0.3, 0.4) is 0 Å². The molecule has 0 saturated heterocycles. The quantitative estimate of drug-likeness (QED) is 0.801. The fourth-order valence-corrected chi connectivity index (χ4v) is 3.92. The van der Waals surface area contributed by atoms with Crippen molar-refractivity contribution in [3.8, 4) is 0 Å². The molecule has 9 heteroatoms. The van der Waals surface area contributed by atoms with E-state index in [1.54, 1.807) is 19.1 Å². The van der Waals surface area contributed by atoms with E-state index in [0.717, 1.165) is 29.5 Å². The molecule has 2 aromatic carbocycles. The third-order valence-electron chi connectivity index (χ3n) is 4.38. The first-order valence-electron chi connectivity index (χ1n) is 8.36. The number of carbonyl (C=O) groups excluding carboxylic acids is 1. The SMILES string of the molecule is Cc1cccc(NC(=O)[C@@H](C)N(c2cccc(C(F)(F)F)c2)S(C)(=O)=O)c1C. The van der Waals surface area contributed by atoms with Crippen molar-refractivity contribution in [2.45, 2.75) is 33.0 Å². The Kier molecular flexibility index (Phi) is 6.08. The third-order valence-corrected chi connectivity index (χ3v) is 5.62. The summed E-state index contributed by atoms with van der Waals surface area (Å²) >= 11 is 0. The van der Waals surface area contributed by atoms with Crippen molar-refractivity contribution in [2.75, 3.05) is 15.9 Å². The zero-order valence-electron chi connectivity index (χ0n) is 15.8. The number of rotatable bonds is 5. The topological polar surface area (TPSA) is 66.5 Å². The average molecular weight is 414 g/mol. The summed E-state index contributed by atoms with van der Waals surface area (Å²) in [4.78, 5) is 12.7. The number of amides is 1. The Morgan fingerprint density at radius 3 is 2.29 bits per heavy atom. The maximum atomic E-state index is 13.0. The van der Waals surface area contributed by atoms with Crippen LogP contribution in [0.15, 0.2) is 42.5 Å². The van der Waals surface area contributed by atoms with Crippen molar-refractivity contribution >= 4 is 27.3 Å². The molecule has 152 valence electrons. The van der Waals surface area contributed by atoms with Gasteiger partial charge in [0.05, 0.1) is 17.5 Å². The lowest BCUT2D eigenvalue weighted by Crippen LogP contribution is -2.45. The molecule has 2 aromatic rings. The summed E-state index contributed by atoms with van der Waals surface area (Å²) < 4.78 is 64.3. The van der Waals surface area contributed by atoms with Gasteiger partial charge in [0.1, 0.15) is 6.04 Å². The Bertz CT molecular complexity index is 988. The first-order chi connectivity index (χ1) is 12.8. The van der Waals surface area contributed by atoms with Crippen molar-refractivity contribution in [1.29, 1.82) is 0 Å². The van der Waals surface area contributed by atoms with Crippen molar-refractivity contribution in [3.05, 3.63) is 59.2 Å². The first kappa shape index (κ1) is 21.7. The highest BCUT2D eigenvalue weighted by Gasteiger charge is 2.34. The van der Waals surface area contributed by atoms with Gasteiger partial charge in [-0.25, -0.2) is 8.42 Å². The number of carbonyl (C=O) groups is 1. The molecule has 0 aromatic heterocycles. The molecule has 1 amide bonds. The molecule has 1 atom stereocenters. The zero-order valence-corrected chi connectivity index (χ0v) is 16.6. The van der Waals surface area contributed by atoms with Gasteiger partial charge in [0, 0.05) is 5.69 Å². The van der Waals surface area contributed by atoms with Gasteiger partial charge in [0.15, 0.2) is 0 Å². The van der Waals surface area contributed by atoms with Gasteiger partial charge in [0.25, 0.3) is 0 Å². The summed E-state index contributed by atoms with van der Waals surface area (Å²) in [7, 11) is -4.03. The van der Waals surface area contributed by atoms with E-state index in [1.165, 1.54) is 13.0 Å². The van der Waals surface area contributed by atoms with Gasteiger partial charge in [-0.2, -0.15) is 13.2 Å². The van der Waals surface area contributed by atoms with E-state index in [1.807, 2.05) is 13.0 Å². The molecule has 0 aliphatic rings. The summed E-state index contributed by atoms with van der Waals surface area (Å²) in [5.74, 6) is -0.656. The lowest BCUT2D eigenvalue weighted by molar-refractivity contribution is -0.137. The van der Waals surface area contributed by atoms with Crippen LogP contribution in [-0.2, 0) is 21.0 Å². The van der Waals surface area contributed by atoms with Gasteiger partial charge in [-0.3, -0.25) is 9.10 Å². The largest absolute Gasteiger partial charge is 0.416 e. The molecule has 5 nitrogen and oxygen atoms in total. The van der Waals surface area contributed by atoms with Crippen LogP contribution in [0.1, 0.15) is 23.6 Å². The minimum Gasteiger partial charge on any atom is -0.324 e. The highest BCUT2D eigenvalue weighted by Crippen LogP contribution is 2.33. The number of hydrogen-bond acceptors (Lipinski definition) is 3. The van der Waals surface area contributed by atoms with Gasteiger partial charge in [-0.15, -0.1) is 0 Å². The number of sulfonamides is 1. The molecular formula is C19H21F3N2O3S. The Morgan fingerprint density at radius 1 is 1.11 bits per heavy atom. The summed E-state index contributed by atoms with van der Waals surface area (Å²) in [6.45, 7) is 4.98. The molecule has 0 spiro atoms. The molecule has 0 bridgehead atoms. The monoisotopic (exact) mass is 414 g/mol. The van der Waals surface area contributed by atoms with Crippen LogP contribution in [-0.4, -0.2) is 26.6 Å². The summed E-state index contributed by atoms with van der Waals surface area (Å²) in [6.07, 6.45) is -3.79. The van der Waals surface area contributed by atoms with E-state index in [2.05, 4.69) is 5.32 Å². The fraction of sp³-hybridized carbons (Fsp3) is 0.316. The van der Waals surface area contributed by atoms with Crippen LogP contribution in [0.25, 0.3) is 0 Å². The summed E-state index contributed by atoms with van der Waals surface area (Å²) in [5, 5.41) is 2.65. The number of halogens is 3. The molecule has 0 heterocycles. The predicted molar refractivity (Wildman–Crippen MR) is 103 cm³/mol. The molecule has 0 aliphatic carbocycles. The zero-order chi connectivity index (χ0) is 21.3. The number of anilines is 2. The lowest BCUT2D eigenvalue weighted by atomic mass is 10.1. The second-order valence-corrected chi connectivity index (χ2v) is 8.38. The standard InChI is InChI=1S/C19H21F3N2O3S/c1-12-7-5-10-17(13(12)2)23-18(25)14(3)24(28(4,26)27)16-9-6-8-15(11-16)19(20,21)22/h5-11,14H,1-4H3,(H,23,25)/t14-/m1/s1. The second kappa shape index (κ2) is 7.83. The number of hydrogen-bond donors (Lipinski definition) is 1. The van der Waals surface area contributed by atoms with Crippen molar-refractivity contribution < 1.29 is 26.4 Å². The Morgan fingerprint density at radius 2 is 1.71 bits per heavy atom. The van der Waals surface area contributed by atoms with Crippen LogP contribution in [0.4, 0.5) is 24.5 Å². The van der Waals surface area contributed by atoms with E-state index in [-0.39, 0.29) is 5.69 Å². The summed E-state index contributed by atoms with van der Waals surface area (Å²) in [5.41, 5.74) is 1.02. The van der Waals surface area contributed by atoms with Crippen LogP contribution >= 0.6 is 0 Å². The Balaban J connectivity index is 2.41. The molecule has 0 saturated carbocycles. The molecule has 0 radical (unpaired) electrons. The van der Waals surface area contributed by atoms with Crippen molar-refractivity contribution in [1.82, 2.24) is 0 Å². The molecule has 28 heavy (non-hydrogen) atoms. The second-order valence-electron chi connectivity index (χ2n) is 6.52. The van der Waals surface area contributed by atoms with E-state index in [4.69, 9.17) is 0 Å². The van der Waals surface area contributed by atoms with Crippen LogP contribution < -0.4 is 9.62 Å². The van der Waals surface area contributed by atoms with Crippen molar-refractivity contribution in [3.63, 3.8) is 0 Å². The molecule has 1 N–H and O–H groups in total. The van der Waals surface area contributed by atoms with Crippen LogP contribution in [0.5, 0.6) is 0 Å². The number of nitrogens with one attached hydrogen (secondary N) is 1. The van der Waals surface area contributed by atoms with Gasteiger partial charge in [-0.1, -0.05) is 18.2 Å². The minimum atomic E-state index is -4.64. The third kappa shape index (κ3) is 4.83. The van der Waals surface area contributed by atoms with Gasteiger partial charge < -0.3 is 5.32 Å². The van der Waals surface area contributed by atoms with E-state index >= 15 is 0 Å². The van der Waals surface area contributed by atoms with E-state index in [0.29, 0.717) is 16.1 Å². The number of nitrogens with zero attached hydrogens (tertiary/aromatic N) is 1. The average Bonchev–Trinajstić information content (AvgIpc) is 2.57. The van der Waals surface area contributed by atoms with Gasteiger partial charge in [-0.05, 0) is 56.2 Å². The molecular weight excluding hydrogens is 393 g/mol. The normalized spacial score (nSPS) is 13.1. The molecule has 0 unspecified atom stereocenters. The fourth-order valence-electron chi connectivity index (χ4n) is 2.75. The number of benzene rings is 2. The summed E-state index contributed by atoms with van der Waals surface area (Å²) in [6, 6.07) is 7.88. The number of aryl methyl sites for hydroxylation is 1. The highest BCUT2D eigenvalue weighted by atomic mass is 32.2. The van der Waals surface area contributed by atoms with Crippen LogP contribution in [0, 0.1) is 13.8 Å². The predicted octanol–water partition coefficient (Wildman–Crippen LogP) is 4.12. The minimum absolute atomic E-state index is 0.235. The molecule has 0 aliphatic heterocycles. The maximum absolute atomic E-state index is 13.0. The number of alkyl halides is 3. The Hall–Kier alpha value is -2.55. The van der Waals surface area contributed by atoms with Gasteiger partial charge >= 0.3 is 6.18 Å². The van der Waals surface area contributed by atoms with E-state index < -0.39 is 33.7 Å². The first-order valence-corrected chi connectivity index (χ1v) is 10.2.